The highest BCUT2D eigenvalue weighted by Crippen LogP contribution is 1.87. The Hall–Kier alpha value is -0.240. The van der Waals surface area contributed by atoms with Crippen LogP contribution in [0.3, 0.4) is 0 Å². The lowest BCUT2D eigenvalue weighted by Crippen LogP contribution is -2.36. The van der Waals surface area contributed by atoms with Gasteiger partial charge >= 0.3 is 0 Å². The van der Waals surface area contributed by atoms with Crippen molar-refractivity contribution in [2.24, 2.45) is 5.73 Å². The third kappa shape index (κ3) is 19.7. The Morgan fingerprint density at radius 1 is 0.870 bits per heavy atom. The first-order valence-electron chi connectivity index (χ1n) is 8.91. The second-order valence-electron chi connectivity index (χ2n) is 5.75. The number of nitrogens with zero attached hydrogens (tertiary/aromatic N) is 2. The van der Waals surface area contributed by atoms with Gasteiger partial charge in [-0.15, -0.1) is 0 Å². The summed E-state index contributed by atoms with van der Waals surface area (Å²) in [6, 6.07) is 0.584. The minimum Gasteiger partial charge on any atom is -0.383 e. The molecule has 0 unspecified atom stereocenters. The Morgan fingerprint density at radius 3 is 1.70 bits per heavy atom. The molecular formula is C17H42N4O2. The second kappa shape index (κ2) is 19.8. The molecule has 23 heavy (non-hydrogen) atoms. The molecule has 0 rings (SSSR count). The fourth-order valence-electron chi connectivity index (χ4n) is 1.99. The van der Waals surface area contributed by atoms with Gasteiger partial charge in [-0.25, -0.2) is 0 Å². The van der Waals surface area contributed by atoms with Gasteiger partial charge in [0.2, 0.25) is 0 Å². The van der Waals surface area contributed by atoms with Crippen molar-refractivity contribution in [3.8, 4) is 0 Å². The van der Waals surface area contributed by atoms with Gasteiger partial charge in [0.1, 0.15) is 0 Å². The van der Waals surface area contributed by atoms with Crippen LogP contribution in [0.1, 0.15) is 27.7 Å². The van der Waals surface area contributed by atoms with Crippen molar-refractivity contribution in [3.05, 3.63) is 0 Å². The summed E-state index contributed by atoms with van der Waals surface area (Å²) in [5.41, 5.74) is 5.39. The van der Waals surface area contributed by atoms with Gasteiger partial charge in [0, 0.05) is 59.5 Å². The number of rotatable bonds is 14. The Labute approximate surface area is 144 Å². The zero-order valence-corrected chi connectivity index (χ0v) is 16.4. The van der Waals surface area contributed by atoms with Crippen LogP contribution in [0.15, 0.2) is 0 Å². The molecule has 6 nitrogen and oxygen atoms in total. The molecule has 0 aliphatic heterocycles. The predicted octanol–water partition coefficient (Wildman–Crippen LogP) is 0.866. The zero-order chi connectivity index (χ0) is 17.9. The van der Waals surface area contributed by atoms with Gasteiger partial charge in [0.05, 0.1) is 13.2 Å². The van der Waals surface area contributed by atoms with Crippen molar-refractivity contribution < 1.29 is 9.47 Å². The smallest absolute Gasteiger partial charge is 0.0589 e. The number of hydrogen-bond donors (Lipinski definition) is 2. The van der Waals surface area contributed by atoms with E-state index in [1.165, 1.54) is 0 Å². The molecule has 0 aliphatic carbocycles. The minimum absolute atomic E-state index is 0.584. The SMILES string of the molecule is CCN(CCN)CCOC.CCN(CCNC(C)C)CCOC. The monoisotopic (exact) mass is 334 g/mol. The molecule has 0 amide bonds. The molecule has 0 aromatic heterocycles. The number of likely N-dealkylation sites (N-methyl/N-ethyl adjacent to an activating group) is 2. The number of nitrogens with one attached hydrogen (secondary N) is 1. The van der Waals surface area contributed by atoms with E-state index in [4.69, 9.17) is 15.2 Å². The lowest BCUT2D eigenvalue weighted by Gasteiger charge is -2.20. The minimum atomic E-state index is 0.584. The molecular weight excluding hydrogens is 292 g/mol. The molecule has 0 bridgehead atoms. The lowest BCUT2D eigenvalue weighted by atomic mass is 10.4. The van der Waals surface area contributed by atoms with Crippen LogP contribution in [0.2, 0.25) is 0 Å². The van der Waals surface area contributed by atoms with Crippen LogP contribution in [0, 0.1) is 0 Å². The van der Waals surface area contributed by atoms with Crippen LogP contribution in [-0.4, -0.2) is 95.6 Å². The van der Waals surface area contributed by atoms with Gasteiger partial charge in [0.15, 0.2) is 0 Å². The highest BCUT2D eigenvalue weighted by Gasteiger charge is 2.01. The first kappa shape index (κ1) is 25.0. The van der Waals surface area contributed by atoms with Crippen molar-refractivity contribution >= 4 is 0 Å². The number of hydrogen-bond acceptors (Lipinski definition) is 6. The molecule has 0 aromatic carbocycles. The van der Waals surface area contributed by atoms with E-state index in [9.17, 15) is 0 Å². The Kier molecular flexibility index (Phi) is 21.5. The lowest BCUT2D eigenvalue weighted by molar-refractivity contribution is 0.151. The summed E-state index contributed by atoms with van der Waals surface area (Å²) in [7, 11) is 3.47. The molecule has 0 heterocycles. The molecule has 0 fully saturated rings. The second-order valence-corrected chi connectivity index (χ2v) is 5.75. The predicted molar refractivity (Wildman–Crippen MR) is 100 cm³/mol. The van der Waals surface area contributed by atoms with Gasteiger partial charge in [-0.2, -0.15) is 0 Å². The Morgan fingerprint density at radius 2 is 1.35 bits per heavy atom. The standard InChI is InChI=1S/C10H24N2O.C7H18N2O/c1-5-12(8-9-13-4)7-6-11-10(2)3;1-3-9(5-4-8)6-7-10-2/h10-11H,5-9H2,1-4H3;3-8H2,1-2H3. The first-order valence-corrected chi connectivity index (χ1v) is 8.91. The van der Waals surface area contributed by atoms with Crippen LogP contribution in [0.25, 0.3) is 0 Å². The molecule has 6 heteroatoms. The molecule has 0 radical (unpaired) electrons. The van der Waals surface area contributed by atoms with Crippen LogP contribution in [0.4, 0.5) is 0 Å². The van der Waals surface area contributed by atoms with Gasteiger partial charge < -0.3 is 30.3 Å². The quantitative estimate of drug-likeness (QED) is 0.491. The van der Waals surface area contributed by atoms with E-state index in [0.29, 0.717) is 6.04 Å². The van der Waals surface area contributed by atoms with Crippen molar-refractivity contribution in [2.45, 2.75) is 33.7 Å². The normalized spacial score (nSPS) is 11.2. The van der Waals surface area contributed by atoms with E-state index in [2.05, 4.69) is 42.8 Å². The van der Waals surface area contributed by atoms with Crippen LogP contribution >= 0.6 is 0 Å². The van der Waals surface area contributed by atoms with Crippen molar-refractivity contribution in [3.63, 3.8) is 0 Å². The van der Waals surface area contributed by atoms with Crippen molar-refractivity contribution in [2.75, 3.05) is 79.8 Å². The Bertz CT molecular complexity index is 219. The summed E-state index contributed by atoms with van der Waals surface area (Å²) < 4.78 is 9.98. The topological polar surface area (TPSA) is 63.0 Å². The zero-order valence-electron chi connectivity index (χ0n) is 16.4. The van der Waals surface area contributed by atoms with Crippen LogP contribution < -0.4 is 11.1 Å². The maximum absolute atomic E-state index is 5.39. The fraction of sp³-hybridized carbons (Fsp3) is 1.00. The van der Waals surface area contributed by atoms with E-state index in [1.807, 2.05) is 0 Å². The molecule has 0 saturated carbocycles. The molecule has 0 atom stereocenters. The third-order valence-electron chi connectivity index (χ3n) is 3.54. The summed E-state index contributed by atoms with van der Waals surface area (Å²) in [5, 5.41) is 3.40. The number of nitrogens with two attached hydrogens (primary N) is 1. The van der Waals surface area contributed by atoms with Crippen molar-refractivity contribution in [1.29, 1.82) is 0 Å². The summed E-state index contributed by atoms with van der Waals surface area (Å²) in [6.45, 7) is 18.3. The van der Waals surface area contributed by atoms with Gasteiger partial charge in [-0.3, -0.25) is 0 Å². The summed E-state index contributed by atoms with van der Waals surface area (Å²) in [6.07, 6.45) is 0. The largest absolute Gasteiger partial charge is 0.383 e. The fourth-order valence-corrected chi connectivity index (χ4v) is 1.99. The third-order valence-corrected chi connectivity index (χ3v) is 3.54. The summed E-state index contributed by atoms with van der Waals surface area (Å²) in [5.74, 6) is 0. The summed E-state index contributed by atoms with van der Waals surface area (Å²) in [4.78, 5) is 4.66. The van der Waals surface area contributed by atoms with Crippen molar-refractivity contribution in [1.82, 2.24) is 15.1 Å². The maximum atomic E-state index is 5.39. The van der Waals surface area contributed by atoms with Gasteiger partial charge in [-0.1, -0.05) is 27.7 Å². The average molecular weight is 335 g/mol. The van der Waals surface area contributed by atoms with Crippen LogP contribution in [-0.2, 0) is 9.47 Å². The average Bonchev–Trinajstić information content (AvgIpc) is 2.55. The van der Waals surface area contributed by atoms with E-state index >= 15 is 0 Å². The van der Waals surface area contributed by atoms with Crippen LogP contribution in [0.5, 0.6) is 0 Å². The molecule has 0 aliphatic rings. The first-order chi connectivity index (χ1) is 11.0. The van der Waals surface area contributed by atoms with E-state index < -0.39 is 0 Å². The van der Waals surface area contributed by atoms with Gasteiger partial charge in [-0.05, 0) is 13.1 Å². The van der Waals surface area contributed by atoms with E-state index in [-0.39, 0.29) is 0 Å². The highest BCUT2D eigenvalue weighted by molar-refractivity contribution is 4.59. The van der Waals surface area contributed by atoms with Gasteiger partial charge in [0.25, 0.3) is 0 Å². The molecule has 0 saturated heterocycles. The molecule has 0 aromatic rings. The number of ether oxygens (including phenoxy) is 2. The maximum Gasteiger partial charge on any atom is 0.0589 e. The van der Waals surface area contributed by atoms with E-state index in [1.54, 1.807) is 14.2 Å². The molecule has 0 spiro atoms. The highest BCUT2D eigenvalue weighted by atomic mass is 16.5. The summed E-state index contributed by atoms with van der Waals surface area (Å²) >= 11 is 0. The number of methoxy groups -OCH3 is 2. The van der Waals surface area contributed by atoms with E-state index in [0.717, 1.165) is 65.6 Å². The Balaban J connectivity index is 0. The molecule has 142 valence electrons. The molecule has 3 N–H and O–H groups in total.